The largest absolute Gasteiger partial charge is 0.469 e. The molecule has 0 radical (unpaired) electrons. The molecule has 1 aromatic rings. The summed E-state index contributed by atoms with van der Waals surface area (Å²) in [4.78, 5) is 11.0. The van der Waals surface area contributed by atoms with E-state index >= 15 is 0 Å². The van der Waals surface area contributed by atoms with Gasteiger partial charge in [-0.3, -0.25) is 4.79 Å². The Bertz CT molecular complexity index is 316. The fraction of sp³-hybridized carbons (Fsp3) is 0.300. The van der Waals surface area contributed by atoms with E-state index in [1.54, 1.807) is 0 Å². The van der Waals surface area contributed by atoms with Gasteiger partial charge in [0.1, 0.15) is 0 Å². The van der Waals surface area contributed by atoms with Crippen molar-refractivity contribution in [3.63, 3.8) is 0 Å². The quantitative estimate of drug-likeness (QED) is 0.678. The smallest absolute Gasteiger partial charge is 0.307 e. The first kappa shape index (κ1) is 14.7. The Labute approximate surface area is 109 Å². The van der Waals surface area contributed by atoms with Crippen molar-refractivity contribution >= 4 is 41.0 Å². The maximum atomic E-state index is 11.0. The van der Waals surface area contributed by atoms with Crippen molar-refractivity contribution < 1.29 is 9.53 Å². The second-order valence-corrected chi connectivity index (χ2v) is 4.18. The highest BCUT2D eigenvalue weighted by molar-refractivity contribution is 14.1. The Kier molecular flexibility index (Phi) is 6.87. The summed E-state index contributed by atoms with van der Waals surface area (Å²) in [6, 6.07) is 7.50. The summed E-state index contributed by atoms with van der Waals surface area (Å²) >= 11 is 2.22. The second kappa shape index (κ2) is 7.03. The third kappa shape index (κ3) is 4.81. The number of halogens is 2. The van der Waals surface area contributed by atoms with Gasteiger partial charge < -0.3 is 10.5 Å². The number of methoxy groups -OCH3 is 1. The molecular weight excluding hydrogens is 328 g/mol. The summed E-state index contributed by atoms with van der Waals surface area (Å²) in [7, 11) is 1.36. The van der Waals surface area contributed by atoms with Crippen molar-refractivity contribution in [3.8, 4) is 0 Å². The van der Waals surface area contributed by atoms with Crippen LogP contribution in [0.3, 0.4) is 0 Å². The van der Waals surface area contributed by atoms with E-state index in [1.165, 1.54) is 7.11 Å². The molecule has 0 aliphatic carbocycles. The summed E-state index contributed by atoms with van der Waals surface area (Å²) in [6.07, 6.45) is 0.219. The molecule has 0 spiro atoms. The molecule has 1 atom stereocenters. The highest BCUT2D eigenvalue weighted by atomic mass is 127. The summed E-state index contributed by atoms with van der Waals surface area (Å²) in [5.41, 5.74) is 6.77. The van der Waals surface area contributed by atoms with E-state index in [2.05, 4.69) is 27.3 Å². The van der Waals surface area contributed by atoms with Gasteiger partial charge in [0.25, 0.3) is 0 Å². The number of carbonyl (C=O) groups excluding carboxylic acids is 1. The molecule has 5 heteroatoms. The van der Waals surface area contributed by atoms with Crippen LogP contribution in [0.1, 0.15) is 18.0 Å². The zero-order valence-corrected chi connectivity index (χ0v) is 11.2. The maximum absolute atomic E-state index is 11.0. The van der Waals surface area contributed by atoms with Gasteiger partial charge in [-0.2, -0.15) is 0 Å². The van der Waals surface area contributed by atoms with E-state index in [0.717, 1.165) is 9.13 Å². The van der Waals surface area contributed by atoms with Crippen molar-refractivity contribution in [1.82, 2.24) is 0 Å². The van der Waals surface area contributed by atoms with Crippen molar-refractivity contribution in [1.29, 1.82) is 0 Å². The molecule has 2 N–H and O–H groups in total. The Morgan fingerprint density at radius 2 is 2.00 bits per heavy atom. The summed E-state index contributed by atoms with van der Waals surface area (Å²) < 4.78 is 5.70. The predicted molar refractivity (Wildman–Crippen MR) is 70.0 cm³/mol. The van der Waals surface area contributed by atoms with E-state index in [0.29, 0.717) is 0 Å². The number of hydrogen-bond donors (Lipinski definition) is 1. The molecule has 3 nitrogen and oxygen atoms in total. The summed E-state index contributed by atoms with van der Waals surface area (Å²) in [5.74, 6) is -0.281. The fourth-order valence-corrected chi connectivity index (χ4v) is 1.45. The number of nitrogens with two attached hydrogens (primary N) is 1. The summed E-state index contributed by atoms with van der Waals surface area (Å²) in [5, 5.41) is 0. The van der Waals surface area contributed by atoms with Crippen molar-refractivity contribution in [2.24, 2.45) is 5.73 Å². The Balaban J connectivity index is 0.00000196. The minimum absolute atomic E-state index is 0. The van der Waals surface area contributed by atoms with Gasteiger partial charge in [0, 0.05) is 9.61 Å². The molecule has 0 unspecified atom stereocenters. The third-order valence-electron chi connectivity index (χ3n) is 1.91. The predicted octanol–water partition coefficient (Wildman–Crippen LogP) is 2.28. The van der Waals surface area contributed by atoms with E-state index in [9.17, 15) is 4.79 Å². The molecule has 0 aliphatic rings. The Morgan fingerprint density at radius 1 is 1.47 bits per heavy atom. The number of hydrogen-bond acceptors (Lipinski definition) is 3. The van der Waals surface area contributed by atoms with Gasteiger partial charge in [-0.25, -0.2) is 0 Å². The van der Waals surface area contributed by atoms with Crippen LogP contribution >= 0.6 is 35.0 Å². The van der Waals surface area contributed by atoms with Gasteiger partial charge in [-0.05, 0) is 40.3 Å². The molecule has 1 aromatic carbocycles. The van der Waals surface area contributed by atoms with Crippen molar-refractivity contribution in [2.75, 3.05) is 7.11 Å². The Morgan fingerprint density at radius 3 is 2.47 bits per heavy atom. The molecule has 0 saturated carbocycles. The average Bonchev–Trinajstić information content (AvgIpc) is 2.18. The number of benzene rings is 1. The van der Waals surface area contributed by atoms with Gasteiger partial charge in [-0.15, -0.1) is 12.4 Å². The molecule has 0 aliphatic heterocycles. The molecule has 0 heterocycles. The Hall–Kier alpha value is -0.330. The van der Waals surface area contributed by atoms with E-state index in [-0.39, 0.29) is 30.8 Å². The highest BCUT2D eigenvalue weighted by Gasteiger charge is 2.11. The van der Waals surface area contributed by atoms with Gasteiger partial charge in [0.2, 0.25) is 0 Å². The van der Waals surface area contributed by atoms with Crippen LogP contribution in [-0.4, -0.2) is 13.1 Å². The lowest BCUT2D eigenvalue weighted by atomic mass is 10.1. The lowest BCUT2D eigenvalue weighted by Gasteiger charge is -2.10. The molecule has 15 heavy (non-hydrogen) atoms. The fourth-order valence-electron chi connectivity index (χ4n) is 1.09. The SMILES string of the molecule is COC(=O)C[C@H](N)c1ccc(I)cc1.Cl. The van der Waals surface area contributed by atoms with Crippen LogP contribution in [0, 0.1) is 3.57 Å². The lowest BCUT2D eigenvalue weighted by molar-refractivity contribution is -0.141. The molecule has 0 bridgehead atoms. The number of rotatable bonds is 3. The van der Waals surface area contributed by atoms with Crippen LogP contribution in [0.5, 0.6) is 0 Å². The molecule has 0 aromatic heterocycles. The van der Waals surface area contributed by atoms with E-state index in [4.69, 9.17) is 5.73 Å². The monoisotopic (exact) mass is 341 g/mol. The van der Waals surface area contributed by atoms with Gasteiger partial charge >= 0.3 is 5.97 Å². The molecule has 0 saturated heterocycles. The summed E-state index contributed by atoms with van der Waals surface area (Å²) in [6.45, 7) is 0. The van der Waals surface area contributed by atoms with Crippen molar-refractivity contribution in [2.45, 2.75) is 12.5 Å². The number of esters is 1. The van der Waals surface area contributed by atoms with Crippen LogP contribution in [-0.2, 0) is 9.53 Å². The second-order valence-electron chi connectivity index (χ2n) is 2.94. The van der Waals surface area contributed by atoms with Crippen LogP contribution in [0.25, 0.3) is 0 Å². The van der Waals surface area contributed by atoms with Crippen LogP contribution in [0.4, 0.5) is 0 Å². The molecule has 84 valence electrons. The minimum atomic E-state index is -0.281. The number of ether oxygens (including phenoxy) is 1. The van der Waals surface area contributed by atoms with Gasteiger partial charge in [0.15, 0.2) is 0 Å². The molecule has 0 amide bonds. The van der Waals surface area contributed by atoms with E-state index in [1.807, 2.05) is 24.3 Å². The van der Waals surface area contributed by atoms with E-state index < -0.39 is 0 Å². The standard InChI is InChI=1S/C10H12INO2.ClH/c1-14-10(13)6-9(12)7-2-4-8(11)5-3-7;/h2-5,9H,6,12H2,1H3;1H/t9-;/m0./s1. The minimum Gasteiger partial charge on any atom is -0.469 e. The maximum Gasteiger partial charge on any atom is 0.307 e. The molecule has 0 fully saturated rings. The lowest BCUT2D eigenvalue weighted by Crippen LogP contribution is -2.16. The topological polar surface area (TPSA) is 52.3 Å². The third-order valence-corrected chi connectivity index (χ3v) is 2.63. The normalized spacial score (nSPS) is 11.4. The zero-order valence-electron chi connectivity index (χ0n) is 8.27. The highest BCUT2D eigenvalue weighted by Crippen LogP contribution is 2.15. The first-order valence-electron chi connectivity index (χ1n) is 4.21. The van der Waals surface area contributed by atoms with Crippen molar-refractivity contribution in [3.05, 3.63) is 33.4 Å². The van der Waals surface area contributed by atoms with Crippen LogP contribution in [0.2, 0.25) is 0 Å². The first-order valence-corrected chi connectivity index (χ1v) is 5.29. The first-order chi connectivity index (χ1) is 6.63. The van der Waals surface area contributed by atoms with Crippen LogP contribution < -0.4 is 5.73 Å². The molecular formula is C10H13ClINO2. The van der Waals surface area contributed by atoms with Crippen LogP contribution in [0.15, 0.2) is 24.3 Å². The van der Waals surface area contributed by atoms with Gasteiger partial charge in [0.05, 0.1) is 13.5 Å². The molecule has 1 rings (SSSR count). The van der Waals surface area contributed by atoms with Gasteiger partial charge in [-0.1, -0.05) is 12.1 Å². The number of carbonyl (C=O) groups is 1. The average molecular weight is 342 g/mol. The zero-order chi connectivity index (χ0) is 10.6.